The molecule has 1 amide bonds. The van der Waals surface area contributed by atoms with Crippen molar-refractivity contribution < 1.29 is 19.1 Å². The lowest BCUT2D eigenvalue weighted by Gasteiger charge is -2.12. The molecule has 132 valence electrons. The third kappa shape index (κ3) is 4.84. The van der Waals surface area contributed by atoms with Gasteiger partial charge in [0.15, 0.2) is 6.61 Å². The minimum Gasteiger partial charge on any atom is -0.495 e. The van der Waals surface area contributed by atoms with Gasteiger partial charge in [-0.25, -0.2) is 9.78 Å². The van der Waals surface area contributed by atoms with Gasteiger partial charge in [-0.15, -0.1) is 0 Å². The number of nitrogens with zero attached hydrogens (tertiary/aromatic N) is 1. The summed E-state index contributed by atoms with van der Waals surface area (Å²) in [5.74, 6) is -0.823. The minimum atomic E-state index is -0.719. The Kier molecular flexibility index (Phi) is 6.22. The molecule has 0 aliphatic heterocycles. The third-order valence-electron chi connectivity index (χ3n) is 3.27. The van der Waals surface area contributed by atoms with Gasteiger partial charge in [0.1, 0.15) is 10.9 Å². The summed E-state index contributed by atoms with van der Waals surface area (Å²) in [4.78, 5) is 28.2. The van der Waals surface area contributed by atoms with E-state index < -0.39 is 18.5 Å². The molecule has 25 heavy (non-hydrogen) atoms. The van der Waals surface area contributed by atoms with Crippen LogP contribution in [0.2, 0.25) is 10.2 Å². The summed E-state index contributed by atoms with van der Waals surface area (Å²) in [6.07, 6.45) is 0. The van der Waals surface area contributed by atoms with E-state index in [1.165, 1.54) is 13.2 Å². The Hall–Kier alpha value is -2.31. The molecule has 2 aromatic rings. The lowest BCUT2D eigenvalue weighted by molar-refractivity contribution is -0.119. The van der Waals surface area contributed by atoms with E-state index in [0.717, 1.165) is 0 Å². The van der Waals surface area contributed by atoms with Gasteiger partial charge in [-0.05, 0) is 43.7 Å². The molecule has 0 radical (unpaired) electrons. The van der Waals surface area contributed by atoms with Crippen molar-refractivity contribution in [2.24, 2.45) is 0 Å². The van der Waals surface area contributed by atoms with E-state index in [1.54, 1.807) is 32.0 Å². The van der Waals surface area contributed by atoms with Crippen LogP contribution in [0.15, 0.2) is 24.3 Å². The highest BCUT2D eigenvalue weighted by atomic mass is 35.5. The van der Waals surface area contributed by atoms with Crippen molar-refractivity contribution in [3.8, 4) is 5.75 Å². The van der Waals surface area contributed by atoms with Crippen LogP contribution in [0.1, 0.15) is 21.6 Å². The van der Waals surface area contributed by atoms with Crippen molar-refractivity contribution in [1.29, 1.82) is 0 Å². The van der Waals surface area contributed by atoms with Crippen LogP contribution in [0, 0.1) is 13.8 Å². The van der Waals surface area contributed by atoms with Crippen molar-refractivity contribution in [3.63, 3.8) is 0 Å². The normalized spacial score (nSPS) is 10.3. The first kappa shape index (κ1) is 19.0. The zero-order valence-corrected chi connectivity index (χ0v) is 15.4. The summed E-state index contributed by atoms with van der Waals surface area (Å²) < 4.78 is 10.2. The van der Waals surface area contributed by atoms with Gasteiger partial charge in [-0.2, -0.15) is 0 Å². The number of aryl methyl sites for hydroxylation is 2. The van der Waals surface area contributed by atoms with Crippen LogP contribution < -0.4 is 10.1 Å². The lowest BCUT2D eigenvalue weighted by Crippen LogP contribution is -2.22. The molecule has 0 unspecified atom stereocenters. The maximum absolute atomic E-state index is 12.2. The highest BCUT2D eigenvalue weighted by molar-refractivity contribution is 6.32. The summed E-state index contributed by atoms with van der Waals surface area (Å²) in [6, 6.07) is 6.49. The quantitative estimate of drug-likeness (QED) is 0.628. The van der Waals surface area contributed by atoms with Crippen molar-refractivity contribution in [3.05, 3.63) is 51.3 Å². The Morgan fingerprint density at radius 2 is 1.92 bits per heavy atom. The van der Waals surface area contributed by atoms with Crippen LogP contribution in [-0.2, 0) is 9.53 Å². The number of amides is 1. The first-order valence-corrected chi connectivity index (χ1v) is 8.01. The number of rotatable bonds is 5. The summed E-state index contributed by atoms with van der Waals surface area (Å²) >= 11 is 11.9. The average molecular weight is 383 g/mol. The zero-order valence-electron chi connectivity index (χ0n) is 13.9. The summed E-state index contributed by atoms with van der Waals surface area (Å²) in [5, 5.41) is 3.05. The van der Waals surface area contributed by atoms with Crippen LogP contribution in [0.4, 0.5) is 5.69 Å². The second-order valence-electron chi connectivity index (χ2n) is 5.22. The molecule has 1 aromatic carbocycles. The Bertz CT molecular complexity index is 801. The smallest absolute Gasteiger partial charge is 0.342 e. The van der Waals surface area contributed by atoms with Gasteiger partial charge in [-0.1, -0.05) is 23.2 Å². The number of pyridine rings is 1. The Morgan fingerprint density at radius 1 is 1.20 bits per heavy atom. The molecule has 0 aliphatic carbocycles. The standard InChI is InChI=1S/C17H16Cl2N2O4/c1-9-6-10(2)20-16(19)15(9)17(23)25-8-14(22)21-12-7-11(18)4-5-13(12)24-3/h4-7H,8H2,1-3H3,(H,21,22). The van der Waals surface area contributed by atoms with E-state index >= 15 is 0 Å². The first-order valence-electron chi connectivity index (χ1n) is 7.26. The van der Waals surface area contributed by atoms with Crippen LogP contribution >= 0.6 is 23.2 Å². The summed E-state index contributed by atoms with van der Waals surface area (Å²) in [5.41, 5.74) is 1.83. The predicted octanol–water partition coefficient (Wildman–Crippen LogP) is 3.81. The Labute approximate surface area is 155 Å². The number of hydrogen-bond acceptors (Lipinski definition) is 5. The maximum atomic E-state index is 12.2. The van der Waals surface area contributed by atoms with E-state index in [0.29, 0.717) is 27.7 Å². The van der Waals surface area contributed by atoms with Crippen molar-refractivity contribution in [1.82, 2.24) is 4.98 Å². The molecule has 8 heteroatoms. The molecule has 1 heterocycles. The molecule has 0 fully saturated rings. The fourth-order valence-corrected chi connectivity index (χ4v) is 2.74. The molecule has 0 atom stereocenters. The third-order valence-corrected chi connectivity index (χ3v) is 3.78. The molecule has 2 rings (SSSR count). The monoisotopic (exact) mass is 382 g/mol. The molecule has 0 spiro atoms. The van der Waals surface area contributed by atoms with E-state index in [1.807, 2.05) is 0 Å². The molecule has 6 nitrogen and oxygen atoms in total. The molecule has 1 aromatic heterocycles. The number of hydrogen-bond donors (Lipinski definition) is 1. The van der Waals surface area contributed by atoms with Crippen molar-refractivity contribution in [2.45, 2.75) is 13.8 Å². The number of benzene rings is 1. The van der Waals surface area contributed by atoms with Gasteiger partial charge in [-0.3, -0.25) is 4.79 Å². The number of carbonyl (C=O) groups excluding carboxylic acids is 2. The van der Waals surface area contributed by atoms with E-state index in [9.17, 15) is 9.59 Å². The number of carbonyl (C=O) groups is 2. The van der Waals surface area contributed by atoms with Crippen LogP contribution in [0.25, 0.3) is 0 Å². The Morgan fingerprint density at radius 3 is 2.56 bits per heavy atom. The second-order valence-corrected chi connectivity index (χ2v) is 6.01. The SMILES string of the molecule is COc1ccc(Cl)cc1NC(=O)COC(=O)c1c(C)cc(C)nc1Cl. The average Bonchev–Trinajstić information content (AvgIpc) is 2.52. The van der Waals surface area contributed by atoms with Gasteiger partial charge in [0.25, 0.3) is 5.91 Å². The molecular formula is C17H16Cl2N2O4. The Balaban J connectivity index is 2.03. The van der Waals surface area contributed by atoms with Gasteiger partial charge in [0, 0.05) is 10.7 Å². The number of nitrogens with one attached hydrogen (secondary N) is 1. The van der Waals surface area contributed by atoms with Crippen LogP contribution in [-0.4, -0.2) is 30.6 Å². The first-order chi connectivity index (χ1) is 11.8. The van der Waals surface area contributed by atoms with E-state index in [4.69, 9.17) is 32.7 Å². The highest BCUT2D eigenvalue weighted by Gasteiger charge is 2.18. The maximum Gasteiger partial charge on any atom is 0.342 e. The molecular weight excluding hydrogens is 367 g/mol. The molecule has 0 saturated heterocycles. The van der Waals surface area contributed by atoms with Gasteiger partial charge in [0.2, 0.25) is 0 Å². The number of halogens is 2. The topological polar surface area (TPSA) is 77.5 Å². The fourth-order valence-electron chi connectivity index (χ4n) is 2.20. The van der Waals surface area contributed by atoms with E-state index in [-0.39, 0.29) is 10.7 Å². The summed E-state index contributed by atoms with van der Waals surface area (Å²) in [7, 11) is 1.47. The minimum absolute atomic E-state index is 0.0411. The molecule has 0 bridgehead atoms. The van der Waals surface area contributed by atoms with Crippen LogP contribution in [0.5, 0.6) is 5.75 Å². The van der Waals surface area contributed by atoms with Gasteiger partial charge < -0.3 is 14.8 Å². The molecule has 0 saturated carbocycles. The fraction of sp³-hybridized carbons (Fsp3) is 0.235. The number of methoxy groups -OCH3 is 1. The molecule has 1 N–H and O–H groups in total. The number of aromatic nitrogens is 1. The number of anilines is 1. The lowest BCUT2D eigenvalue weighted by atomic mass is 10.1. The highest BCUT2D eigenvalue weighted by Crippen LogP contribution is 2.27. The van der Waals surface area contributed by atoms with Crippen LogP contribution in [0.3, 0.4) is 0 Å². The van der Waals surface area contributed by atoms with Gasteiger partial charge in [0.05, 0.1) is 18.4 Å². The number of ether oxygens (including phenoxy) is 2. The van der Waals surface area contributed by atoms with Crippen molar-refractivity contribution >= 4 is 40.8 Å². The predicted molar refractivity (Wildman–Crippen MR) is 95.6 cm³/mol. The van der Waals surface area contributed by atoms with Crippen molar-refractivity contribution in [2.75, 3.05) is 19.0 Å². The van der Waals surface area contributed by atoms with E-state index in [2.05, 4.69) is 10.3 Å². The number of esters is 1. The molecule has 0 aliphatic rings. The summed E-state index contributed by atoms with van der Waals surface area (Å²) in [6.45, 7) is 2.99. The zero-order chi connectivity index (χ0) is 18.6. The largest absolute Gasteiger partial charge is 0.495 e. The van der Waals surface area contributed by atoms with Gasteiger partial charge >= 0.3 is 5.97 Å². The second kappa shape index (κ2) is 8.18.